The molecule has 1 fully saturated rings. The average molecular weight is 548 g/mol. The van der Waals surface area contributed by atoms with Crippen LogP contribution in [-0.4, -0.2) is 43.7 Å². The third-order valence-electron chi connectivity index (χ3n) is 8.52. The molecule has 3 atom stereocenters. The zero-order valence-electron chi connectivity index (χ0n) is 21.9. The van der Waals surface area contributed by atoms with Gasteiger partial charge in [-0.1, -0.05) is 60.7 Å². The molecule has 0 amide bonds. The van der Waals surface area contributed by atoms with Gasteiger partial charge < -0.3 is 14.4 Å². The molecular formula is C33H25NO5S. The van der Waals surface area contributed by atoms with Crippen molar-refractivity contribution in [3.63, 3.8) is 0 Å². The molecule has 0 radical (unpaired) electrons. The highest BCUT2D eigenvalue weighted by Crippen LogP contribution is 2.62. The number of Topliss-reactive ketones (excluding diaryl/α,β-unsaturated/α-hetero) is 3. The average Bonchev–Trinajstić information content (AvgIpc) is 3.70. The van der Waals surface area contributed by atoms with Crippen molar-refractivity contribution in [1.29, 1.82) is 0 Å². The molecule has 1 spiro atoms. The summed E-state index contributed by atoms with van der Waals surface area (Å²) in [6.45, 7) is 0. The number of ether oxygens (including phenoxy) is 2. The maximum absolute atomic E-state index is 14.7. The number of para-hydroxylation sites is 1. The molecule has 1 aliphatic carbocycles. The summed E-state index contributed by atoms with van der Waals surface area (Å²) in [5.74, 6) is -0.520. The molecule has 0 bridgehead atoms. The molecular weight excluding hydrogens is 522 g/mol. The van der Waals surface area contributed by atoms with E-state index in [1.165, 1.54) is 11.3 Å². The highest BCUT2D eigenvalue weighted by atomic mass is 32.1. The van der Waals surface area contributed by atoms with Crippen molar-refractivity contribution in [2.24, 2.45) is 5.41 Å². The van der Waals surface area contributed by atoms with Gasteiger partial charge in [-0.25, -0.2) is 0 Å². The number of hydrogen-bond donors (Lipinski definition) is 0. The van der Waals surface area contributed by atoms with E-state index in [-0.39, 0.29) is 17.3 Å². The number of fused-ring (bicyclic) bond motifs is 5. The van der Waals surface area contributed by atoms with Crippen molar-refractivity contribution in [1.82, 2.24) is 0 Å². The molecule has 0 saturated carbocycles. The summed E-state index contributed by atoms with van der Waals surface area (Å²) in [4.78, 5) is 46.6. The van der Waals surface area contributed by atoms with Crippen molar-refractivity contribution in [3.05, 3.63) is 117 Å². The van der Waals surface area contributed by atoms with Gasteiger partial charge in [0, 0.05) is 28.3 Å². The molecule has 0 unspecified atom stereocenters. The third kappa shape index (κ3) is 3.12. The monoisotopic (exact) mass is 547 g/mol. The van der Waals surface area contributed by atoms with Crippen molar-refractivity contribution in [2.75, 3.05) is 19.1 Å². The van der Waals surface area contributed by atoms with Crippen molar-refractivity contribution in [2.45, 2.75) is 18.0 Å². The Morgan fingerprint density at radius 3 is 2.27 bits per heavy atom. The zero-order chi connectivity index (χ0) is 27.6. The predicted octanol–water partition coefficient (Wildman–Crippen LogP) is 6.08. The van der Waals surface area contributed by atoms with Crippen LogP contribution < -0.4 is 14.4 Å². The fourth-order valence-electron chi connectivity index (χ4n) is 6.91. The number of carbonyl (C=O) groups excluding carboxylic acids is 3. The van der Waals surface area contributed by atoms with Gasteiger partial charge in [0.1, 0.15) is 23.0 Å². The summed E-state index contributed by atoms with van der Waals surface area (Å²) in [5, 5.41) is 1.86. The minimum Gasteiger partial charge on any atom is -0.497 e. The molecule has 40 heavy (non-hydrogen) atoms. The largest absolute Gasteiger partial charge is 0.497 e. The Hall–Kier alpha value is -4.49. The van der Waals surface area contributed by atoms with Crippen molar-refractivity contribution < 1.29 is 23.9 Å². The summed E-state index contributed by atoms with van der Waals surface area (Å²) in [5.41, 5.74) is 1.50. The van der Waals surface area contributed by atoms with E-state index in [2.05, 4.69) is 0 Å². The lowest BCUT2D eigenvalue weighted by Gasteiger charge is -2.37. The van der Waals surface area contributed by atoms with E-state index in [1.807, 2.05) is 52.8 Å². The van der Waals surface area contributed by atoms with E-state index >= 15 is 0 Å². The smallest absolute Gasteiger partial charge is 0.195 e. The van der Waals surface area contributed by atoms with Crippen LogP contribution in [-0.2, 0) is 0 Å². The summed E-state index contributed by atoms with van der Waals surface area (Å²) in [6.07, 6.45) is 3.88. The topological polar surface area (TPSA) is 72.9 Å². The van der Waals surface area contributed by atoms with Crippen LogP contribution in [0.25, 0.3) is 6.08 Å². The molecule has 4 aromatic rings. The molecule has 0 N–H and O–H groups in total. The second kappa shape index (κ2) is 9.03. The predicted molar refractivity (Wildman–Crippen MR) is 154 cm³/mol. The number of carbonyl (C=O) groups is 3. The molecule has 1 saturated heterocycles. The summed E-state index contributed by atoms with van der Waals surface area (Å²) < 4.78 is 11.4. The van der Waals surface area contributed by atoms with Gasteiger partial charge in [-0.05, 0) is 41.3 Å². The quantitative estimate of drug-likeness (QED) is 0.223. The first-order valence-corrected chi connectivity index (χ1v) is 13.9. The Kier molecular flexibility index (Phi) is 5.54. The summed E-state index contributed by atoms with van der Waals surface area (Å²) in [6, 6.07) is 22.2. The lowest BCUT2D eigenvalue weighted by atomic mass is 9.64. The van der Waals surface area contributed by atoms with E-state index < -0.39 is 23.4 Å². The number of nitrogens with zero attached hydrogens (tertiary/aromatic N) is 1. The van der Waals surface area contributed by atoms with Crippen LogP contribution in [0.3, 0.4) is 0 Å². The van der Waals surface area contributed by atoms with Gasteiger partial charge in [0.05, 0.1) is 25.1 Å². The maximum Gasteiger partial charge on any atom is 0.195 e. The van der Waals surface area contributed by atoms with Gasteiger partial charge in [0.15, 0.2) is 17.3 Å². The highest BCUT2D eigenvalue weighted by Gasteiger charge is 2.72. The van der Waals surface area contributed by atoms with E-state index in [1.54, 1.807) is 62.8 Å². The fourth-order valence-corrected chi connectivity index (χ4v) is 7.61. The first-order valence-electron chi connectivity index (χ1n) is 13.1. The summed E-state index contributed by atoms with van der Waals surface area (Å²) in [7, 11) is 3.12. The van der Waals surface area contributed by atoms with E-state index in [4.69, 9.17) is 9.47 Å². The normalized spacial score (nSPS) is 21.8. The number of thiophene rings is 1. The van der Waals surface area contributed by atoms with E-state index in [0.717, 1.165) is 11.3 Å². The Bertz CT molecular complexity index is 1690. The van der Waals surface area contributed by atoms with Gasteiger partial charge in [-0.15, -0.1) is 11.3 Å². The molecule has 3 aliphatic rings. The van der Waals surface area contributed by atoms with E-state index in [0.29, 0.717) is 33.1 Å². The maximum atomic E-state index is 14.7. The molecule has 3 aromatic carbocycles. The minimum absolute atomic E-state index is 0.145. The van der Waals surface area contributed by atoms with Gasteiger partial charge >= 0.3 is 0 Å². The number of benzene rings is 3. The molecule has 6 nitrogen and oxygen atoms in total. The van der Waals surface area contributed by atoms with Gasteiger partial charge in [0.25, 0.3) is 0 Å². The second-order valence-corrected chi connectivity index (χ2v) is 11.2. The Morgan fingerprint density at radius 1 is 0.875 bits per heavy atom. The van der Waals surface area contributed by atoms with Crippen LogP contribution >= 0.6 is 11.3 Å². The van der Waals surface area contributed by atoms with Gasteiger partial charge in [-0.2, -0.15) is 0 Å². The number of hydrogen-bond acceptors (Lipinski definition) is 7. The molecule has 3 heterocycles. The highest BCUT2D eigenvalue weighted by molar-refractivity contribution is 7.12. The fraction of sp³-hybridized carbons (Fsp3) is 0.182. The Morgan fingerprint density at radius 2 is 1.60 bits per heavy atom. The molecule has 2 aliphatic heterocycles. The Labute approximate surface area is 235 Å². The van der Waals surface area contributed by atoms with Crippen LogP contribution in [0, 0.1) is 5.41 Å². The molecule has 1 aromatic heterocycles. The standard InChI is InChI=1S/C33H25NO5S/c1-38-20-14-15-25(39-2)23(18-20)28-29(30(35)26-12-7-17-40-26)34-24-11-6-3-8-19(24)13-16-27(34)33(28)31(36)21-9-4-5-10-22(21)32(33)37/h3-18,27-29H,1-2H3/t27-,28-,29-/m1/s1. The lowest BCUT2D eigenvalue weighted by molar-refractivity contribution is 0.0664. The minimum atomic E-state index is -1.59. The SMILES string of the molecule is COc1ccc(OC)c([C@@H]2[C@H](C(=O)c3cccs3)N3c4ccccc4C=C[C@@H]3C23C(=O)c2ccccc2C3=O)c1. The van der Waals surface area contributed by atoms with E-state index in [9.17, 15) is 14.4 Å². The summed E-state index contributed by atoms with van der Waals surface area (Å²) >= 11 is 1.35. The van der Waals surface area contributed by atoms with Crippen LogP contribution in [0.2, 0.25) is 0 Å². The van der Waals surface area contributed by atoms with Crippen LogP contribution in [0.1, 0.15) is 47.4 Å². The van der Waals surface area contributed by atoms with Gasteiger partial charge in [-0.3, -0.25) is 14.4 Å². The van der Waals surface area contributed by atoms with Crippen LogP contribution in [0.4, 0.5) is 5.69 Å². The first-order chi connectivity index (χ1) is 19.5. The third-order valence-corrected chi connectivity index (χ3v) is 9.40. The number of anilines is 1. The number of ketones is 3. The Balaban J connectivity index is 1.59. The molecule has 198 valence electrons. The van der Waals surface area contributed by atoms with Crippen molar-refractivity contribution >= 4 is 40.4 Å². The van der Waals surface area contributed by atoms with Crippen LogP contribution in [0.5, 0.6) is 11.5 Å². The molecule has 7 heteroatoms. The zero-order valence-corrected chi connectivity index (χ0v) is 22.7. The first kappa shape index (κ1) is 24.5. The number of methoxy groups -OCH3 is 2. The van der Waals surface area contributed by atoms with Crippen LogP contribution in [0.15, 0.2) is 90.3 Å². The van der Waals surface area contributed by atoms with Crippen molar-refractivity contribution in [3.8, 4) is 11.5 Å². The lowest BCUT2D eigenvalue weighted by Crippen LogP contribution is -2.48. The number of rotatable bonds is 5. The molecule has 7 rings (SSSR count). The van der Waals surface area contributed by atoms with Gasteiger partial charge in [0.2, 0.25) is 0 Å². The second-order valence-electron chi connectivity index (χ2n) is 10.2.